The van der Waals surface area contributed by atoms with E-state index in [1.165, 1.54) is 50.0 Å². The van der Waals surface area contributed by atoms with Gasteiger partial charge in [-0.15, -0.1) is 0 Å². The largest absolute Gasteiger partial charge is 0.462 e. The second-order valence-electron chi connectivity index (χ2n) is 8.79. The molecule has 2 rings (SSSR count). The Balaban J connectivity index is 1.58. The van der Waals surface area contributed by atoms with Crippen molar-refractivity contribution in [3.63, 3.8) is 0 Å². The van der Waals surface area contributed by atoms with Gasteiger partial charge in [0.1, 0.15) is 12.7 Å². The van der Waals surface area contributed by atoms with E-state index in [9.17, 15) is 9.59 Å². The maximum atomic E-state index is 12.3. The van der Waals surface area contributed by atoms with Gasteiger partial charge in [-0.2, -0.15) is 0 Å². The standard InChI is InChI=1S/C24H42O4S4/c1-2-3-4-5-10-20(28-24(26)14-9-7-12-22-16-18-30-32-22)19-27-23(25)13-8-6-11-21-15-17-29-31-21/h20-22H,2-19H2,1H3. The maximum Gasteiger partial charge on any atom is 0.306 e. The molecule has 0 spiro atoms. The second-order valence-corrected chi connectivity index (χ2v) is 14.4. The highest BCUT2D eigenvalue weighted by Gasteiger charge is 2.19. The molecule has 0 aliphatic carbocycles. The normalized spacial score (nSPS) is 21.5. The first-order chi connectivity index (χ1) is 15.7. The average Bonchev–Trinajstić information content (AvgIpc) is 3.50. The van der Waals surface area contributed by atoms with Gasteiger partial charge in [0, 0.05) is 34.8 Å². The zero-order valence-corrected chi connectivity index (χ0v) is 23.0. The number of rotatable bonds is 18. The molecule has 0 aromatic rings. The summed E-state index contributed by atoms with van der Waals surface area (Å²) < 4.78 is 11.2. The van der Waals surface area contributed by atoms with Gasteiger partial charge < -0.3 is 9.47 Å². The Morgan fingerprint density at radius 1 is 0.812 bits per heavy atom. The van der Waals surface area contributed by atoms with Crippen molar-refractivity contribution in [1.29, 1.82) is 0 Å². The molecule has 0 amide bonds. The van der Waals surface area contributed by atoms with Crippen LogP contribution in [-0.4, -0.2) is 46.7 Å². The number of carbonyl (C=O) groups excluding carboxylic acids is 2. The number of ether oxygens (including phenoxy) is 2. The van der Waals surface area contributed by atoms with E-state index < -0.39 is 0 Å². The highest BCUT2D eigenvalue weighted by atomic mass is 33.1. The van der Waals surface area contributed by atoms with Crippen LogP contribution in [0.1, 0.15) is 103 Å². The highest BCUT2D eigenvalue weighted by molar-refractivity contribution is 8.77. The molecule has 3 unspecified atom stereocenters. The lowest BCUT2D eigenvalue weighted by Gasteiger charge is -2.18. The molecule has 0 bridgehead atoms. The fraction of sp³-hybridized carbons (Fsp3) is 0.917. The van der Waals surface area contributed by atoms with E-state index in [0.29, 0.717) is 12.8 Å². The fourth-order valence-electron chi connectivity index (χ4n) is 3.89. The molecule has 0 aromatic carbocycles. The summed E-state index contributed by atoms with van der Waals surface area (Å²) in [5.41, 5.74) is 0. The molecule has 32 heavy (non-hydrogen) atoms. The van der Waals surface area contributed by atoms with Crippen molar-refractivity contribution < 1.29 is 19.1 Å². The third-order valence-electron chi connectivity index (χ3n) is 5.88. The van der Waals surface area contributed by atoms with Crippen LogP contribution in [-0.2, 0) is 19.1 Å². The van der Waals surface area contributed by atoms with E-state index in [-0.39, 0.29) is 24.6 Å². The van der Waals surface area contributed by atoms with E-state index in [2.05, 4.69) is 6.92 Å². The van der Waals surface area contributed by atoms with Crippen molar-refractivity contribution in [2.75, 3.05) is 18.1 Å². The minimum atomic E-state index is -0.294. The van der Waals surface area contributed by atoms with Gasteiger partial charge in [-0.3, -0.25) is 9.59 Å². The van der Waals surface area contributed by atoms with Crippen molar-refractivity contribution in [1.82, 2.24) is 0 Å². The number of esters is 2. The SMILES string of the molecule is CCCCCCC(COC(=O)CCCCC1CCSS1)OC(=O)CCCCC1CCSS1. The molecule has 0 N–H and O–H groups in total. The predicted molar refractivity (Wildman–Crippen MR) is 143 cm³/mol. The maximum absolute atomic E-state index is 12.3. The monoisotopic (exact) mass is 522 g/mol. The fourth-order valence-corrected chi connectivity index (χ4v) is 9.94. The Morgan fingerprint density at radius 3 is 2.00 bits per heavy atom. The molecule has 186 valence electrons. The van der Waals surface area contributed by atoms with Gasteiger partial charge in [0.25, 0.3) is 0 Å². The lowest BCUT2D eigenvalue weighted by molar-refractivity contribution is -0.159. The van der Waals surface area contributed by atoms with E-state index in [0.717, 1.165) is 55.4 Å². The van der Waals surface area contributed by atoms with Crippen molar-refractivity contribution in [3.8, 4) is 0 Å². The van der Waals surface area contributed by atoms with Gasteiger partial charge in [-0.25, -0.2) is 0 Å². The third-order valence-corrected chi connectivity index (χ3v) is 11.9. The van der Waals surface area contributed by atoms with Gasteiger partial charge in [0.2, 0.25) is 0 Å². The first kappa shape index (κ1) is 28.6. The van der Waals surface area contributed by atoms with Crippen molar-refractivity contribution in [3.05, 3.63) is 0 Å². The van der Waals surface area contributed by atoms with Gasteiger partial charge in [0.15, 0.2) is 0 Å². The molecular weight excluding hydrogens is 481 g/mol. The molecule has 2 saturated heterocycles. The van der Waals surface area contributed by atoms with Crippen LogP contribution in [0.15, 0.2) is 0 Å². The molecule has 8 heteroatoms. The van der Waals surface area contributed by atoms with E-state index >= 15 is 0 Å². The Labute approximate surface area is 211 Å². The molecule has 2 aliphatic heterocycles. The third kappa shape index (κ3) is 13.9. The van der Waals surface area contributed by atoms with E-state index in [1.54, 1.807) is 0 Å². The molecule has 0 aromatic heterocycles. The van der Waals surface area contributed by atoms with Gasteiger partial charge in [-0.05, 0) is 51.4 Å². The van der Waals surface area contributed by atoms with Crippen LogP contribution in [0.25, 0.3) is 0 Å². The quantitative estimate of drug-likeness (QED) is 0.102. The predicted octanol–water partition coefficient (Wildman–Crippen LogP) is 7.84. The van der Waals surface area contributed by atoms with Crippen LogP contribution in [0.4, 0.5) is 0 Å². The average molecular weight is 523 g/mol. The first-order valence-corrected chi connectivity index (χ1v) is 17.4. The zero-order valence-electron chi connectivity index (χ0n) is 19.7. The summed E-state index contributed by atoms with van der Waals surface area (Å²) in [7, 11) is 7.92. The molecule has 4 nitrogen and oxygen atoms in total. The zero-order chi connectivity index (χ0) is 22.9. The lowest BCUT2D eigenvalue weighted by atomic mass is 10.1. The molecule has 0 radical (unpaired) electrons. The van der Waals surface area contributed by atoms with Crippen LogP contribution >= 0.6 is 43.2 Å². The molecule has 2 fully saturated rings. The van der Waals surface area contributed by atoms with Gasteiger partial charge in [0.05, 0.1) is 0 Å². The molecule has 3 atom stereocenters. The molecule has 0 saturated carbocycles. The highest BCUT2D eigenvalue weighted by Crippen LogP contribution is 2.40. The van der Waals surface area contributed by atoms with Crippen LogP contribution in [0, 0.1) is 0 Å². The number of hydrogen-bond acceptors (Lipinski definition) is 8. The lowest BCUT2D eigenvalue weighted by Crippen LogP contribution is -2.25. The van der Waals surface area contributed by atoms with Crippen molar-refractivity contribution in [2.45, 2.75) is 120 Å². The van der Waals surface area contributed by atoms with Gasteiger partial charge >= 0.3 is 11.9 Å². The summed E-state index contributed by atoms with van der Waals surface area (Å²) in [6.45, 7) is 2.40. The second kappa shape index (κ2) is 18.6. The number of unbranched alkanes of at least 4 members (excludes halogenated alkanes) is 5. The summed E-state index contributed by atoms with van der Waals surface area (Å²) in [4.78, 5) is 24.5. The van der Waals surface area contributed by atoms with Crippen LogP contribution in [0.2, 0.25) is 0 Å². The first-order valence-electron chi connectivity index (χ1n) is 12.6. The Hall–Kier alpha value is 0.340. The Bertz CT molecular complexity index is 508. The summed E-state index contributed by atoms with van der Waals surface area (Å²) in [5, 5.41) is 1.52. The van der Waals surface area contributed by atoms with Crippen molar-refractivity contribution in [2.24, 2.45) is 0 Å². The Morgan fingerprint density at radius 2 is 1.44 bits per heavy atom. The summed E-state index contributed by atoms with van der Waals surface area (Å²) in [5.74, 6) is 2.23. The molecule has 2 aliphatic rings. The minimum absolute atomic E-state index is 0.137. The number of hydrogen-bond donors (Lipinski definition) is 0. The van der Waals surface area contributed by atoms with Crippen LogP contribution in [0.3, 0.4) is 0 Å². The Kier molecular flexibility index (Phi) is 16.6. The minimum Gasteiger partial charge on any atom is -0.462 e. The molecular formula is C24H42O4S4. The van der Waals surface area contributed by atoms with Gasteiger partial charge in [-0.1, -0.05) is 82.2 Å². The van der Waals surface area contributed by atoms with E-state index in [4.69, 9.17) is 9.47 Å². The van der Waals surface area contributed by atoms with E-state index in [1.807, 2.05) is 43.2 Å². The van der Waals surface area contributed by atoms with Crippen LogP contribution in [0.5, 0.6) is 0 Å². The van der Waals surface area contributed by atoms with Crippen molar-refractivity contribution >= 4 is 55.1 Å². The summed E-state index contributed by atoms with van der Waals surface area (Å²) in [6, 6.07) is 0. The number of carbonyl (C=O) groups is 2. The summed E-state index contributed by atoms with van der Waals surface area (Å²) >= 11 is 0. The smallest absolute Gasteiger partial charge is 0.306 e. The topological polar surface area (TPSA) is 52.6 Å². The summed E-state index contributed by atoms with van der Waals surface area (Å²) in [6.07, 6.45) is 14.9. The molecule has 2 heterocycles. The van der Waals surface area contributed by atoms with Crippen LogP contribution < -0.4 is 0 Å².